The van der Waals surface area contributed by atoms with Crippen LogP contribution in [0.1, 0.15) is 27.2 Å². The van der Waals surface area contributed by atoms with Gasteiger partial charge in [0.1, 0.15) is 0 Å². The standard InChI is InChI=1S/C14H30O5/c1-4-7-17-10-14(13(2)3,11-18-8-5-15)12-19-9-6-16/h13,15-16H,4-12H2,1-3H3. The molecule has 0 amide bonds. The van der Waals surface area contributed by atoms with Gasteiger partial charge in [0.2, 0.25) is 0 Å². The molecule has 5 heteroatoms. The van der Waals surface area contributed by atoms with E-state index >= 15 is 0 Å². The van der Waals surface area contributed by atoms with E-state index in [9.17, 15) is 0 Å². The Hall–Kier alpha value is -0.200. The second-order valence-electron chi connectivity index (χ2n) is 5.12. The lowest BCUT2D eigenvalue weighted by molar-refractivity contribution is -0.0984. The van der Waals surface area contributed by atoms with E-state index in [4.69, 9.17) is 24.4 Å². The van der Waals surface area contributed by atoms with Crippen LogP contribution in [0, 0.1) is 11.3 Å². The summed E-state index contributed by atoms with van der Waals surface area (Å²) < 4.78 is 16.7. The highest BCUT2D eigenvalue weighted by Crippen LogP contribution is 2.29. The number of ether oxygens (including phenoxy) is 3. The van der Waals surface area contributed by atoms with Gasteiger partial charge in [0, 0.05) is 12.0 Å². The third-order valence-electron chi connectivity index (χ3n) is 3.21. The minimum absolute atomic E-state index is 0.0154. The topological polar surface area (TPSA) is 68.2 Å². The molecule has 116 valence electrons. The summed E-state index contributed by atoms with van der Waals surface area (Å²) in [6, 6.07) is 0. The van der Waals surface area contributed by atoms with Crippen molar-refractivity contribution >= 4 is 0 Å². The quantitative estimate of drug-likeness (QED) is 0.493. The van der Waals surface area contributed by atoms with Crippen LogP contribution in [0.15, 0.2) is 0 Å². The van der Waals surface area contributed by atoms with Gasteiger partial charge in [0.05, 0.1) is 46.2 Å². The van der Waals surface area contributed by atoms with Crippen LogP contribution >= 0.6 is 0 Å². The Morgan fingerprint density at radius 2 is 1.26 bits per heavy atom. The summed E-state index contributed by atoms with van der Waals surface area (Å²) in [4.78, 5) is 0. The zero-order valence-electron chi connectivity index (χ0n) is 12.6. The molecule has 0 atom stereocenters. The highest BCUT2D eigenvalue weighted by molar-refractivity contribution is 4.82. The van der Waals surface area contributed by atoms with Gasteiger partial charge in [-0.15, -0.1) is 0 Å². The molecular formula is C14H30O5. The molecule has 19 heavy (non-hydrogen) atoms. The van der Waals surface area contributed by atoms with Crippen molar-refractivity contribution in [1.29, 1.82) is 0 Å². The van der Waals surface area contributed by atoms with E-state index in [0.29, 0.717) is 45.6 Å². The lowest BCUT2D eigenvalue weighted by atomic mass is 9.79. The Morgan fingerprint density at radius 3 is 1.58 bits per heavy atom. The molecule has 0 aromatic carbocycles. The van der Waals surface area contributed by atoms with Crippen molar-refractivity contribution in [3.05, 3.63) is 0 Å². The molecule has 0 aliphatic carbocycles. The van der Waals surface area contributed by atoms with Crippen LogP contribution in [0.5, 0.6) is 0 Å². The smallest absolute Gasteiger partial charge is 0.0698 e. The molecule has 0 aliphatic rings. The van der Waals surface area contributed by atoms with Crippen molar-refractivity contribution in [2.75, 3.05) is 52.9 Å². The molecule has 0 spiro atoms. The molecule has 0 heterocycles. The molecule has 0 unspecified atom stereocenters. The van der Waals surface area contributed by atoms with Crippen molar-refractivity contribution in [2.24, 2.45) is 11.3 Å². The summed E-state index contributed by atoms with van der Waals surface area (Å²) in [7, 11) is 0. The van der Waals surface area contributed by atoms with Crippen molar-refractivity contribution in [2.45, 2.75) is 27.2 Å². The monoisotopic (exact) mass is 278 g/mol. The number of aliphatic hydroxyl groups is 2. The Balaban J connectivity index is 4.48. The largest absolute Gasteiger partial charge is 0.394 e. The summed E-state index contributed by atoms with van der Waals surface area (Å²) in [6.45, 7) is 9.22. The molecule has 0 radical (unpaired) electrons. The average molecular weight is 278 g/mol. The molecule has 2 N–H and O–H groups in total. The van der Waals surface area contributed by atoms with Gasteiger partial charge in [-0.05, 0) is 12.3 Å². The normalized spacial score (nSPS) is 12.3. The van der Waals surface area contributed by atoms with E-state index in [1.807, 2.05) is 0 Å². The first kappa shape index (κ1) is 18.8. The van der Waals surface area contributed by atoms with Gasteiger partial charge in [-0.25, -0.2) is 0 Å². The number of rotatable bonds is 13. The van der Waals surface area contributed by atoms with Gasteiger partial charge in [-0.3, -0.25) is 0 Å². The summed E-state index contributed by atoms with van der Waals surface area (Å²) in [5.41, 5.74) is -0.237. The Morgan fingerprint density at radius 1 is 0.842 bits per heavy atom. The van der Waals surface area contributed by atoms with Gasteiger partial charge in [0.25, 0.3) is 0 Å². The first-order chi connectivity index (χ1) is 9.13. The second-order valence-corrected chi connectivity index (χ2v) is 5.12. The van der Waals surface area contributed by atoms with E-state index in [2.05, 4.69) is 20.8 Å². The van der Waals surface area contributed by atoms with Crippen LogP contribution in [0.25, 0.3) is 0 Å². The average Bonchev–Trinajstić information content (AvgIpc) is 2.38. The Kier molecular flexibility index (Phi) is 11.5. The van der Waals surface area contributed by atoms with Crippen molar-refractivity contribution < 1.29 is 24.4 Å². The lowest BCUT2D eigenvalue weighted by Crippen LogP contribution is -2.42. The first-order valence-electron chi connectivity index (χ1n) is 7.08. The van der Waals surface area contributed by atoms with Crippen LogP contribution in [0.4, 0.5) is 0 Å². The van der Waals surface area contributed by atoms with E-state index in [1.165, 1.54) is 0 Å². The molecular weight excluding hydrogens is 248 g/mol. The summed E-state index contributed by atoms with van der Waals surface area (Å²) in [6.07, 6.45) is 0.975. The number of hydrogen-bond acceptors (Lipinski definition) is 5. The molecule has 0 aromatic heterocycles. The predicted molar refractivity (Wildman–Crippen MR) is 74.2 cm³/mol. The van der Waals surface area contributed by atoms with Gasteiger partial charge in [-0.1, -0.05) is 20.8 Å². The molecule has 0 aliphatic heterocycles. The molecule has 0 saturated carbocycles. The summed E-state index contributed by atoms with van der Waals surface area (Å²) >= 11 is 0. The molecule has 5 nitrogen and oxygen atoms in total. The van der Waals surface area contributed by atoms with Crippen LogP contribution in [-0.4, -0.2) is 63.1 Å². The summed E-state index contributed by atoms with van der Waals surface area (Å²) in [5, 5.41) is 17.6. The molecule has 0 bridgehead atoms. The van der Waals surface area contributed by atoms with Crippen molar-refractivity contribution in [3.8, 4) is 0 Å². The van der Waals surface area contributed by atoms with Gasteiger partial charge < -0.3 is 24.4 Å². The van der Waals surface area contributed by atoms with Gasteiger partial charge in [-0.2, -0.15) is 0 Å². The molecule has 0 saturated heterocycles. The lowest BCUT2D eigenvalue weighted by Gasteiger charge is -2.36. The van der Waals surface area contributed by atoms with E-state index in [-0.39, 0.29) is 18.6 Å². The maximum absolute atomic E-state index is 8.81. The highest BCUT2D eigenvalue weighted by atomic mass is 16.5. The first-order valence-corrected chi connectivity index (χ1v) is 7.08. The number of aliphatic hydroxyl groups excluding tert-OH is 2. The van der Waals surface area contributed by atoms with Gasteiger partial charge >= 0.3 is 0 Å². The van der Waals surface area contributed by atoms with Crippen LogP contribution in [-0.2, 0) is 14.2 Å². The third-order valence-corrected chi connectivity index (χ3v) is 3.21. The Bertz CT molecular complexity index is 170. The minimum atomic E-state index is -0.237. The fourth-order valence-electron chi connectivity index (χ4n) is 1.72. The summed E-state index contributed by atoms with van der Waals surface area (Å²) in [5.74, 6) is 0.321. The van der Waals surface area contributed by atoms with E-state index < -0.39 is 0 Å². The minimum Gasteiger partial charge on any atom is -0.394 e. The number of hydrogen-bond donors (Lipinski definition) is 2. The maximum atomic E-state index is 8.81. The zero-order chi connectivity index (χ0) is 14.6. The second kappa shape index (κ2) is 11.6. The van der Waals surface area contributed by atoms with Crippen molar-refractivity contribution in [1.82, 2.24) is 0 Å². The van der Waals surface area contributed by atoms with Crippen molar-refractivity contribution in [3.63, 3.8) is 0 Å². The fourth-order valence-corrected chi connectivity index (χ4v) is 1.72. The van der Waals surface area contributed by atoms with E-state index in [1.54, 1.807) is 0 Å². The SMILES string of the molecule is CCCOCC(COCCO)(COCCO)C(C)C. The van der Waals surface area contributed by atoms with Gasteiger partial charge in [0.15, 0.2) is 0 Å². The fraction of sp³-hybridized carbons (Fsp3) is 1.00. The van der Waals surface area contributed by atoms with Crippen LogP contribution < -0.4 is 0 Å². The highest BCUT2D eigenvalue weighted by Gasteiger charge is 2.35. The van der Waals surface area contributed by atoms with Crippen LogP contribution in [0.3, 0.4) is 0 Å². The third kappa shape index (κ3) is 7.84. The molecule has 0 fully saturated rings. The molecule has 0 aromatic rings. The Labute approximate surface area is 116 Å². The van der Waals surface area contributed by atoms with Crippen LogP contribution in [0.2, 0.25) is 0 Å². The zero-order valence-corrected chi connectivity index (χ0v) is 12.6. The molecule has 0 rings (SSSR count). The predicted octanol–water partition coefficient (Wildman–Crippen LogP) is 1.07. The van der Waals surface area contributed by atoms with E-state index in [0.717, 1.165) is 6.42 Å². The maximum Gasteiger partial charge on any atom is 0.0698 e.